The quantitative estimate of drug-likeness (QED) is 0.374. The van der Waals surface area contributed by atoms with E-state index in [9.17, 15) is 22.4 Å². The van der Waals surface area contributed by atoms with E-state index in [0.29, 0.717) is 21.9 Å². The van der Waals surface area contributed by atoms with Gasteiger partial charge in [0.15, 0.2) is 0 Å². The Kier molecular flexibility index (Phi) is 4.78. The van der Waals surface area contributed by atoms with Crippen LogP contribution in [0, 0.1) is 5.82 Å². The number of halogens is 1. The Morgan fingerprint density at radius 3 is 2.57 bits per heavy atom. The summed E-state index contributed by atoms with van der Waals surface area (Å²) in [4.78, 5) is 28.7. The zero-order chi connectivity index (χ0) is 21.5. The lowest BCUT2D eigenvalue weighted by Gasteiger charge is -2.10. The summed E-state index contributed by atoms with van der Waals surface area (Å²) in [5.41, 5.74) is 1.07. The number of aromatic nitrogens is 2. The van der Waals surface area contributed by atoms with Crippen LogP contribution >= 0.6 is 0 Å². The number of H-pyrrole nitrogens is 2. The number of hydrogen-bond donors (Lipinski definition) is 4. The molecule has 2 heterocycles. The Balaban J connectivity index is 1.84. The second kappa shape index (κ2) is 7.30. The van der Waals surface area contributed by atoms with Crippen molar-refractivity contribution in [2.24, 2.45) is 0 Å². The number of aryl methyl sites for hydroxylation is 1. The van der Waals surface area contributed by atoms with Gasteiger partial charge < -0.3 is 15.1 Å². The number of aromatic amines is 2. The molecule has 2 aromatic heterocycles. The summed E-state index contributed by atoms with van der Waals surface area (Å²) in [6.45, 7) is 0. The Morgan fingerprint density at radius 1 is 1.13 bits per heavy atom. The van der Waals surface area contributed by atoms with Crippen molar-refractivity contribution in [3.05, 3.63) is 70.4 Å². The minimum atomic E-state index is -3.99. The van der Waals surface area contributed by atoms with Gasteiger partial charge in [0.25, 0.3) is 15.6 Å². The lowest BCUT2D eigenvalue weighted by atomic mass is 10.0. The minimum Gasteiger partial charge on any atom is -0.481 e. The van der Waals surface area contributed by atoms with Gasteiger partial charge in [0.2, 0.25) is 0 Å². The molecule has 0 aliphatic carbocycles. The number of pyridine rings is 1. The van der Waals surface area contributed by atoms with E-state index in [-0.39, 0.29) is 34.5 Å². The fraction of sp³-hybridized carbons (Fsp3) is 0.100. The Labute approximate surface area is 169 Å². The average molecular weight is 429 g/mol. The third kappa shape index (κ3) is 3.64. The van der Waals surface area contributed by atoms with Gasteiger partial charge in [-0.3, -0.25) is 14.3 Å². The Morgan fingerprint density at radius 2 is 1.87 bits per heavy atom. The normalized spacial score (nSPS) is 11.8. The monoisotopic (exact) mass is 429 g/mol. The largest absolute Gasteiger partial charge is 0.481 e. The molecule has 0 atom stereocenters. The van der Waals surface area contributed by atoms with Crippen molar-refractivity contribution in [2.75, 3.05) is 4.72 Å². The predicted molar refractivity (Wildman–Crippen MR) is 110 cm³/mol. The summed E-state index contributed by atoms with van der Waals surface area (Å²) in [5, 5.41) is 9.92. The first kappa shape index (κ1) is 19.6. The number of carboxylic acids is 1. The number of anilines is 1. The number of carbonyl (C=O) groups is 1. The summed E-state index contributed by atoms with van der Waals surface area (Å²) >= 11 is 0. The molecule has 8 nitrogen and oxygen atoms in total. The zero-order valence-corrected chi connectivity index (χ0v) is 16.2. The molecule has 0 unspecified atom stereocenters. The standard InChI is InChI=1S/C20H16FN3O5S/c21-12-2-4-13(5-3-12)24-30(28,29)14-6-7-16-15(9-14)18-11(1-8-17(25)26)10-22-19(18)20(27)23-16/h2-7,9-10,22,24H,1,8H2,(H,23,27)(H,25,26). The van der Waals surface area contributed by atoms with Gasteiger partial charge in [0.05, 0.1) is 4.90 Å². The SMILES string of the molecule is O=C(O)CCc1c[nH]c2c(=O)[nH]c3ccc(S(=O)(=O)Nc4ccc(F)cc4)cc3c12. The van der Waals surface area contributed by atoms with Gasteiger partial charge in [-0.2, -0.15) is 0 Å². The van der Waals surface area contributed by atoms with E-state index in [0.717, 1.165) is 12.1 Å². The molecule has 0 saturated carbocycles. The molecule has 10 heteroatoms. The van der Waals surface area contributed by atoms with Crippen molar-refractivity contribution in [3.8, 4) is 0 Å². The molecule has 4 aromatic rings. The maximum absolute atomic E-state index is 13.1. The second-order valence-electron chi connectivity index (χ2n) is 6.73. The number of carboxylic acid groups (broad SMARTS) is 1. The molecule has 0 bridgehead atoms. The van der Waals surface area contributed by atoms with Crippen LogP contribution in [0.2, 0.25) is 0 Å². The Hall–Kier alpha value is -3.66. The van der Waals surface area contributed by atoms with Crippen LogP contribution in [0.1, 0.15) is 12.0 Å². The average Bonchev–Trinajstić information content (AvgIpc) is 3.13. The number of hydrogen-bond acceptors (Lipinski definition) is 4. The van der Waals surface area contributed by atoms with Crippen molar-refractivity contribution < 1.29 is 22.7 Å². The van der Waals surface area contributed by atoms with Crippen LogP contribution < -0.4 is 10.3 Å². The molecule has 0 fully saturated rings. The molecule has 0 saturated heterocycles. The van der Waals surface area contributed by atoms with Crippen LogP contribution in [-0.2, 0) is 21.2 Å². The summed E-state index contributed by atoms with van der Waals surface area (Å²) in [7, 11) is -3.99. The molecular formula is C20H16FN3O5S. The predicted octanol–water partition coefficient (Wildman–Crippen LogP) is 2.97. The summed E-state index contributed by atoms with van der Waals surface area (Å²) in [5.74, 6) is -1.47. The summed E-state index contributed by atoms with van der Waals surface area (Å²) in [6.07, 6.45) is 1.60. The van der Waals surface area contributed by atoms with Gasteiger partial charge >= 0.3 is 5.97 Å². The highest BCUT2D eigenvalue weighted by atomic mass is 32.2. The maximum atomic E-state index is 13.1. The fourth-order valence-electron chi connectivity index (χ4n) is 3.31. The van der Waals surface area contributed by atoms with Crippen LogP contribution in [-0.4, -0.2) is 29.5 Å². The van der Waals surface area contributed by atoms with Crippen LogP contribution in [0.3, 0.4) is 0 Å². The van der Waals surface area contributed by atoms with Gasteiger partial charge in [-0.25, -0.2) is 12.8 Å². The second-order valence-corrected chi connectivity index (χ2v) is 8.41. The van der Waals surface area contributed by atoms with E-state index >= 15 is 0 Å². The smallest absolute Gasteiger partial charge is 0.303 e. The molecule has 0 spiro atoms. The highest BCUT2D eigenvalue weighted by molar-refractivity contribution is 7.92. The van der Waals surface area contributed by atoms with Crippen LogP contribution in [0.25, 0.3) is 21.8 Å². The molecule has 30 heavy (non-hydrogen) atoms. The lowest BCUT2D eigenvalue weighted by Crippen LogP contribution is -2.13. The van der Waals surface area contributed by atoms with E-state index in [1.54, 1.807) is 6.20 Å². The van der Waals surface area contributed by atoms with Crippen molar-refractivity contribution in [1.82, 2.24) is 9.97 Å². The van der Waals surface area contributed by atoms with Crippen molar-refractivity contribution in [1.29, 1.82) is 0 Å². The lowest BCUT2D eigenvalue weighted by molar-refractivity contribution is -0.136. The minimum absolute atomic E-state index is 0.0574. The summed E-state index contributed by atoms with van der Waals surface area (Å²) in [6, 6.07) is 9.13. The molecule has 0 aliphatic rings. The third-order valence-electron chi connectivity index (χ3n) is 4.71. The van der Waals surface area contributed by atoms with Gasteiger partial charge in [-0.1, -0.05) is 0 Å². The first-order valence-electron chi connectivity index (χ1n) is 8.91. The molecule has 154 valence electrons. The van der Waals surface area contributed by atoms with Crippen LogP contribution in [0.5, 0.6) is 0 Å². The van der Waals surface area contributed by atoms with Crippen molar-refractivity contribution >= 4 is 43.5 Å². The van der Waals surface area contributed by atoms with Crippen molar-refractivity contribution in [3.63, 3.8) is 0 Å². The number of sulfonamides is 1. The molecule has 0 radical (unpaired) electrons. The number of benzene rings is 2. The highest BCUT2D eigenvalue weighted by Gasteiger charge is 2.18. The van der Waals surface area contributed by atoms with E-state index in [1.165, 1.54) is 30.3 Å². The van der Waals surface area contributed by atoms with E-state index in [1.807, 2.05) is 0 Å². The maximum Gasteiger partial charge on any atom is 0.303 e. The summed E-state index contributed by atoms with van der Waals surface area (Å²) < 4.78 is 41.1. The number of aliphatic carboxylic acids is 1. The van der Waals surface area contributed by atoms with Gasteiger partial charge in [0, 0.05) is 34.6 Å². The van der Waals surface area contributed by atoms with E-state index < -0.39 is 21.8 Å². The molecule has 4 N–H and O–H groups in total. The van der Waals surface area contributed by atoms with E-state index in [2.05, 4.69) is 14.7 Å². The highest BCUT2D eigenvalue weighted by Crippen LogP contribution is 2.28. The zero-order valence-electron chi connectivity index (χ0n) is 15.4. The fourth-order valence-corrected chi connectivity index (χ4v) is 4.40. The first-order chi connectivity index (χ1) is 14.2. The number of nitrogens with one attached hydrogen (secondary N) is 3. The van der Waals surface area contributed by atoms with E-state index in [4.69, 9.17) is 5.11 Å². The van der Waals surface area contributed by atoms with Gasteiger partial charge in [-0.15, -0.1) is 0 Å². The molecule has 0 aliphatic heterocycles. The molecular weight excluding hydrogens is 413 g/mol. The Bertz CT molecular complexity index is 1440. The first-order valence-corrected chi connectivity index (χ1v) is 10.4. The molecule has 2 aromatic carbocycles. The topological polar surface area (TPSA) is 132 Å². The number of rotatable bonds is 6. The van der Waals surface area contributed by atoms with Crippen LogP contribution in [0.4, 0.5) is 10.1 Å². The van der Waals surface area contributed by atoms with Gasteiger partial charge in [-0.05, 0) is 54.4 Å². The molecule has 4 rings (SSSR count). The third-order valence-corrected chi connectivity index (χ3v) is 6.09. The van der Waals surface area contributed by atoms with Crippen LogP contribution in [0.15, 0.2) is 58.4 Å². The van der Waals surface area contributed by atoms with Crippen molar-refractivity contribution in [2.45, 2.75) is 17.7 Å². The number of fused-ring (bicyclic) bond motifs is 3. The van der Waals surface area contributed by atoms with Gasteiger partial charge in [0.1, 0.15) is 11.3 Å². The molecule has 0 amide bonds.